The summed E-state index contributed by atoms with van der Waals surface area (Å²) in [5.41, 5.74) is 0.469. The van der Waals surface area contributed by atoms with Gasteiger partial charge in [-0.3, -0.25) is 13.9 Å². The molecule has 1 N–H and O–H groups in total. The molecule has 0 atom stereocenters. The van der Waals surface area contributed by atoms with Crippen molar-refractivity contribution in [1.82, 2.24) is 4.57 Å². The van der Waals surface area contributed by atoms with Gasteiger partial charge in [0.25, 0.3) is 5.56 Å². The zero-order chi connectivity index (χ0) is 18.7. The lowest BCUT2D eigenvalue weighted by Crippen LogP contribution is -2.35. The third kappa shape index (κ3) is 3.07. The van der Waals surface area contributed by atoms with Crippen molar-refractivity contribution >= 4 is 23.8 Å². The molecule has 3 aromatic rings. The maximum atomic E-state index is 13.3. The topological polar surface area (TPSA) is 77.8 Å². The molecule has 0 aliphatic rings. The van der Waals surface area contributed by atoms with Crippen molar-refractivity contribution in [1.29, 1.82) is 0 Å². The van der Waals surface area contributed by atoms with E-state index in [4.69, 9.17) is 9.05 Å². The lowest BCUT2D eigenvalue weighted by atomic mass is 10.2. The lowest BCUT2D eigenvalue weighted by Gasteiger charge is -2.20. The summed E-state index contributed by atoms with van der Waals surface area (Å²) in [5, 5.41) is 10.8. The molecule has 0 bridgehead atoms. The molecule has 0 aliphatic carbocycles. The predicted octanol–water partition coefficient (Wildman–Crippen LogP) is 3.59. The summed E-state index contributed by atoms with van der Waals surface area (Å²) in [6.07, 6.45) is 0. The molecule has 136 valence electrons. The minimum Gasteiger partial charge on any atom is -0.506 e. The van der Waals surface area contributed by atoms with E-state index in [-0.39, 0.29) is 24.3 Å². The Balaban J connectivity index is 2.46. The van der Waals surface area contributed by atoms with Crippen LogP contribution in [0.3, 0.4) is 0 Å². The molecule has 0 radical (unpaired) electrons. The average molecular weight is 373 g/mol. The van der Waals surface area contributed by atoms with E-state index in [9.17, 15) is 14.5 Å². The number of pyridine rings is 1. The number of hydrogen-bond donors (Lipinski definition) is 1. The van der Waals surface area contributed by atoms with Gasteiger partial charge in [-0.25, -0.2) is 0 Å². The van der Waals surface area contributed by atoms with Gasteiger partial charge in [0.2, 0.25) is 0 Å². The van der Waals surface area contributed by atoms with Gasteiger partial charge in [-0.1, -0.05) is 30.3 Å². The summed E-state index contributed by atoms with van der Waals surface area (Å²) < 4.78 is 25.3. The van der Waals surface area contributed by atoms with E-state index < -0.39 is 13.2 Å². The standard InChI is InChI=1S/C19H20NO5P/c1-3-24-26(23,25-4-2)18-17(21)15-12-8-9-13-16(15)20(19(18)22)14-10-6-5-7-11-14/h5-13,21H,3-4H2,1-2H3. The Labute approximate surface area is 151 Å². The van der Waals surface area contributed by atoms with Crippen molar-refractivity contribution in [3.8, 4) is 11.4 Å². The highest BCUT2D eigenvalue weighted by Crippen LogP contribution is 2.49. The van der Waals surface area contributed by atoms with Crippen LogP contribution in [-0.4, -0.2) is 22.9 Å². The Kier molecular flexibility index (Phi) is 5.28. The fourth-order valence-corrected chi connectivity index (χ4v) is 4.63. The van der Waals surface area contributed by atoms with E-state index in [2.05, 4.69) is 0 Å². The minimum atomic E-state index is -3.98. The van der Waals surface area contributed by atoms with Crippen LogP contribution in [0.15, 0.2) is 59.4 Å². The van der Waals surface area contributed by atoms with E-state index in [1.807, 2.05) is 6.07 Å². The molecule has 0 unspecified atom stereocenters. The number of nitrogens with zero attached hydrogens (tertiary/aromatic N) is 1. The predicted molar refractivity (Wildman–Crippen MR) is 102 cm³/mol. The fraction of sp³-hybridized carbons (Fsp3) is 0.211. The summed E-state index contributed by atoms with van der Waals surface area (Å²) in [6.45, 7) is 3.46. The van der Waals surface area contributed by atoms with E-state index >= 15 is 0 Å². The van der Waals surface area contributed by atoms with Crippen LogP contribution >= 0.6 is 7.60 Å². The number of aromatic hydroxyl groups is 1. The van der Waals surface area contributed by atoms with Crippen LogP contribution in [0.4, 0.5) is 0 Å². The first-order valence-electron chi connectivity index (χ1n) is 8.35. The first kappa shape index (κ1) is 18.4. The third-order valence-electron chi connectivity index (χ3n) is 3.92. The summed E-state index contributed by atoms with van der Waals surface area (Å²) in [7, 11) is -3.98. The Morgan fingerprint density at radius 2 is 1.54 bits per heavy atom. The molecular weight excluding hydrogens is 353 g/mol. The van der Waals surface area contributed by atoms with Crippen molar-refractivity contribution < 1.29 is 18.7 Å². The summed E-state index contributed by atoms with van der Waals surface area (Å²) >= 11 is 0. The molecule has 0 spiro atoms. The molecule has 6 nitrogen and oxygen atoms in total. The molecule has 0 amide bonds. The van der Waals surface area contributed by atoms with E-state index in [0.29, 0.717) is 16.6 Å². The second-order valence-corrected chi connectivity index (χ2v) is 7.48. The van der Waals surface area contributed by atoms with Crippen LogP contribution in [0, 0.1) is 0 Å². The lowest BCUT2D eigenvalue weighted by molar-refractivity contribution is 0.229. The van der Waals surface area contributed by atoms with Gasteiger partial charge in [0, 0.05) is 11.1 Å². The smallest absolute Gasteiger partial charge is 0.370 e. The highest BCUT2D eigenvalue weighted by Gasteiger charge is 2.36. The van der Waals surface area contributed by atoms with E-state index in [1.54, 1.807) is 62.4 Å². The van der Waals surface area contributed by atoms with Crippen LogP contribution in [0.1, 0.15) is 13.8 Å². The number of fused-ring (bicyclic) bond motifs is 1. The van der Waals surface area contributed by atoms with E-state index in [0.717, 1.165) is 0 Å². The summed E-state index contributed by atoms with van der Waals surface area (Å²) in [5.74, 6) is -0.372. The Hall–Kier alpha value is -2.40. The maximum absolute atomic E-state index is 13.3. The van der Waals surface area contributed by atoms with Crippen molar-refractivity contribution in [3.63, 3.8) is 0 Å². The molecule has 3 rings (SSSR count). The Morgan fingerprint density at radius 3 is 2.15 bits per heavy atom. The van der Waals surface area contributed by atoms with Crippen LogP contribution in [0.25, 0.3) is 16.6 Å². The molecule has 1 aromatic heterocycles. The number of hydrogen-bond acceptors (Lipinski definition) is 5. The van der Waals surface area contributed by atoms with Crippen molar-refractivity contribution in [2.24, 2.45) is 0 Å². The van der Waals surface area contributed by atoms with Gasteiger partial charge in [-0.05, 0) is 38.1 Å². The largest absolute Gasteiger partial charge is 0.506 e. The monoisotopic (exact) mass is 373 g/mol. The molecule has 0 saturated heterocycles. The number of aromatic nitrogens is 1. The second kappa shape index (κ2) is 7.46. The van der Waals surface area contributed by atoms with Gasteiger partial charge >= 0.3 is 7.60 Å². The third-order valence-corrected chi connectivity index (χ3v) is 6.06. The van der Waals surface area contributed by atoms with Gasteiger partial charge in [-0.15, -0.1) is 0 Å². The molecule has 7 heteroatoms. The Morgan fingerprint density at radius 1 is 0.962 bits per heavy atom. The zero-order valence-electron chi connectivity index (χ0n) is 14.6. The molecule has 0 saturated carbocycles. The first-order chi connectivity index (χ1) is 12.5. The maximum Gasteiger partial charge on any atom is 0.370 e. The molecule has 26 heavy (non-hydrogen) atoms. The molecule has 0 fully saturated rings. The quantitative estimate of drug-likeness (QED) is 0.668. The Bertz CT molecular complexity index is 1020. The van der Waals surface area contributed by atoms with Gasteiger partial charge in [0.1, 0.15) is 5.75 Å². The van der Waals surface area contributed by atoms with Crippen molar-refractivity contribution in [2.75, 3.05) is 13.2 Å². The molecular formula is C19H20NO5P. The highest BCUT2D eigenvalue weighted by atomic mass is 31.2. The van der Waals surface area contributed by atoms with Gasteiger partial charge < -0.3 is 14.2 Å². The SMILES string of the molecule is CCOP(=O)(OCC)c1c(O)c2ccccc2n(-c2ccccc2)c1=O. The molecule has 1 heterocycles. The number of rotatable bonds is 6. The number of para-hydroxylation sites is 2. The zero-order valence-corrected chi connectivity index (χ0v) is 15.5. The second-order valence-electron chi connectivity index (χ2n) is 5.52. The van der Waals surface area contributed by atoms with Crippen molar-refractivity contribution in [3.05, 3.63) is 65.0 Å². The van der Waals surface area contributed by atoms with Crippen LogP contribution < -0.4 is 10.9 Å². The molecule has 2 aromatic carbocycles. The van der Waals surface area contributed by atoms with Crippen LogP contribution in [0.5, 0.6) is 5.75 Å². The van der Waals surface area contributed by atoms with Gasteiger partial charge in [0.05, 0.1) is 18.7 Å². The highest BCUT2D eigenvalue weighted by molar-refractivity contribution is 7.62. The molecule has 0 aliphatic heterocycles. The first-order valence-corrected chi connectivity index (χ1v) is 9.89. The van der Waals surface area contributed by atoms with E-state index in [1.165, 1.54) is 4.57 Å². The average Bonchev–Trinajstić information content (AvgIpc) is 2.63. The fourth-order valence-electron chi connectivity index (χ4n) is 2.90. The van der Waals surface area contributed by atoms with Crippen LogP contribution in [-0.2, 0) is 13.6 Å². The van der Waals surface area contributed by atoms with Gasteiger partial charge in [-0.2, -0.15) is 0 Å². The summed E-state index contributed by atoms with van der Waals surface area (Å²) in [4.78, 5) is 13.3. The number of benzene rings is 2. The van der Waals surface area contributed by atoms with Crippen LogP contribution in [0.2, 0.25) is 0 Å². The van der Waals surface area contributed by atoms with Gasteiger partial charge in [0.15, 0.2) is 5.30 Å². The summed E-state index contributed by atoms with van der Waals surface area (Å²) in [6, 6.07) is 15.9. The van der Waals surface area contributed by atoms with Crippen molar-refractivity contribution in [2.45, 2.75) is 13.8 Å². The normalized spacial score (nSPS) is 11.8. The minimum absolute atomic E-state index is 0.0777.